The van der Waals surface area contributed by atoms with E-state index in [4.69, 9.17) is 0 Å². The molecule has 0 nitrogen and oxygen atoms in total. The average molecular weight is 1930 g/mol. The van der Waals surface area contributed by atoms with Crippen LogP contribution in [0.4, 0.5) is 52.7 Å². The van der Waals surface area contributed by atoms with Gasteiger partial charge in [0.2, 0.25) is 0 Å². The van der Waals surface area contributed by atoms with Gasteiger partial charge >= 0.3 is 0 Å². The lowest BCUT2D eigenvalue weighted by Crippen LogP contribution is -2.25. The van der Waals surface area contributed by atoms with E-state index in [1.807, 2.05) is 0 Å². The fraction of sp³-hybridized carbons (Fsp3) is 0.685. The van der Waals surface area contributed by atoms with Crippen molar-refractivity contribution in [3.8, 4) is 0 Å². The molecule has 12 aliphatic carbocycles. The van der Waals surface area contributed by atoms with E-state index in [2.05, 4.69) is 59.4 Å². The Morgan fingerprint density at radius 2 is 0.403 bits per heavy atom. The standard InChI is InChI=1S/C23H34F2.C22H32F2.C21H30F2.C21H28F2.C20H28F2.C20H26F2/c1-2-3-4-5-17-6-8-18(9-7-17)19-10-12-20(13-11-19)21-14-15-22(24)23(25)16-21;1-2-3-4-16-5-7-17(8-6-16)18-9-11-19(12-10-18)20-13-14-21(23)22(24)15-20;2*1-2-3-15-4-6-16(7-5-15)17-8-10-18(11-9-17)19-12-13-20(22)21(23)14-19;2*1-2-14-3-5-15(6-4-14)16-7-9-17(10-8-16)18-11-12-19(21)20(22)13-18/h14-20H,2-13H2,1H3;13-19H,2-12H2,1H3;12-18H,2-11H2,1H3;2-3,12-18H,4-11H2,1H3;11-17H,2-10H2,1H3;2,11-17H,1,3-10H2/b;;;3-2+;;. The molecule has 770 valence electrons. The lowest BCUT2D eigenvalue weighted by molar-refractivity contribution is 0.155. The highest BCUT2D eigenvalue weighted by atomic mass is 19.2. The Morgan fingerprint density at radius 1 is 0.209 bits per heavy atom. The SMILES string of the molecule is C/C=C/C1CCC(C2CCC(c3ccc(F)c(F)c3)CC2)CC1.C=CC1CCC(C2CCC(c3ccc(F)c(F)c3)CC2)CC1.CCC1CCC(C2CCC(c3ccc(F)c(F)c3)CC2)CC1.CCCC1CCC(C2CCC(c3ccc(F)c(F)c3)CC2)CC1.CCCCC1CCC(C2CCC(c3ccc(F)c(F)c3)CC2)CC1.CCCCCC1CCC(C2CCC(c3ccc(F)c(F)c3)CC2)CC1. The molecular weight excluding hydrogens is 1750 g/mol. The molecule has 0 N–H and O–H groups in total. The van der Waals surface area contributed by atoms with Gasteiger partial charge in [-0.15, -0.1) is 6.58 Å². The van der Waals surface area contributed by atoms with Crippen LogP contribution in [0.1, 0.15) is 476 Å². The van der Waals surface area contributed by atoms with Crippen molar-refractivity contribution in [2.75, 3.05) is 0 Å². The summed E-state index contributed by atoms with van der Waals surface area (Å²) in [7, 11) is 0. The van der Waals surface area contributed by atoms with E-state index in [1.165, 1.54) is 368 Å². The molecule has 0 amide bonds. The minimum atomic E-state index is -0.739. The third kappa shape index (κ3) is 33.2. The molecule has 0 bridgehead atoms. The zero-order valence-electron chi connectivity index (χ0n) is 86.2. The van der Waals surface area contributed by atoms with Crippen molar-refractivity contribution in [3.63, 3.8) is 0 Å². The Labute approximate surface area is 833 Å². The van der Waals surface area contributed by atoms with Gasteiger partial charge in [-0.25, -0.2) is 52.7 Å². The van der Waals surface area contributed by atoms with Gasteiger partial charge in [-0.05, 0) is 512 Å². The number of rotatable bonds is 24. The number of halogens is 12. The van der Waals surface area contributed by atoms with Gasteiger partial charge < -0.3 is 0 Å². The molecule has 0 atom stereocenters. The van der Waals surface area contributed by atoms with Crippen LogP contribution < -0.4 is 0 Å². The van der Waals surface area contributed by atoms with E-state index in [-0.39, 0.29) is 0 Å². The Hall–Kier alpha value is -6.04. The fourth-order valence-corrected chi connectivity index (χ4v) is 29.6. The summed E-state index contributed by atoms with van der Waals surface area (Å²) in [6.07, 6.45) is 82.9. The van der Waals surface area contributed by atoms with Gasteiger partial charge in [-0.3, -0.25) is 0 Å². The van der Waals surface area contributed by atoms with Crippen LogP contribution in [0, 0.1) is 176 Å². The quantitative estimate of drug-likeness (QED) is 0.0322. The van der Waals surface area contributed by atoms with Crippen LogP contribution in [0.3, 0.4) is 0 Å². The van der Waals surface area contributed by atoms with Gasteiger partial charge in [0, 0.05) is 0 Å². The van der Waals surface area contributed by atoms with Gasteiger partial charge in [0.05, 0.1) is 0 Å². The second kappa shape index (κ2) is 57.2. The molecule has 12 saturated carbocycles. The lowest BCUT2D eigenvalue weighted by Gasteiger charge is -2.38. The number of benzene rings is 6. The van der Waals surface area contributed by atoms with E-state index >= 15 is 0 Å². The lowest BCUT2D eigenvalue weighted by atomic mass is 9.68. The van der Waals surface area contributed by atoms with Gasteiger partial charge in [0.1, 0.15) is 0 Å². The molecule has 0 spiro atoms. The summed E-state index contributed by atoms with van der Waals surface area (Å²) in [6, 6.07) is 26.8. The summed E-state index contributed by atoms with van der Waals surface area (Å²) in [4.78, 5) is 0. The van der Waals surface area contributed by atoms with E-state index in [1.54, 1.807) is 36.4 Å². The summed E-state index contributed by atoms with van der Waals surface area (Å²) in [5, 5.41) is 0. The average Bonchev–Trinajstić information content (AvgIpc) is 0.843. The van der Waals surface area contributed by atoms with Crippen molar-refractivity contribution < 1.29 is 52.7 Å². The molecule has 12 fully saturated rings. The second-order valence-electron chi connectivity index (χ2n) is 46.8. The molecule has 0 saturated heterocycles. The van der Waals surface area contributed by atoms with Crippen molar-refractivity contribution in [1.29, 1.82) is 0 Å². The van der Waals surface area contributed by atoms with Gasteiger partial charge in [0.25, 0.3) is 0 Å². The zero-order chi connectivity index (χ0) is 98.1. The van der Waals surface area contributed by atoms with Crippen molar-refractivity contribution in [2.45, 2.75) is 443 Å². The highest BCUT2D eigenvalue weighted by Crippen LogP contribution is 2.53. The summed E-state index contributed by atoms with van der Waals surface area (Å²) in [6.45, 7) is 15.2. The Bertz CT molecular complexity index is 4530. The molecular formula is C127H178F12. The van der Waals surface area contributed by atoms with Crippen LogP contribution in [0.2, 0.25) is 0 Å². The predicted octanol–water partition coefficient (Wildman–Crippen LogP) is 41.0. The summed E-state index contributed by atoms with van der Waals surface area (Å²) < 4.78 is 159. The second-order valence-corrected chi connectivity index (χ2v) is 46.8. The largest absolute Gasteiger partial charge is 0.204 e. The zero-order valence-corrected chi connectivity index (χ0v) is 86.2. The van der Waals surface area contributed by atoms with Crippen LogP contribution in [0.5, 0.6) is 0 Å². The molecule has 139 heavy (non-hydrogen) atoms. The monoisotopic (exact) mass is 1930 g/mol. The van der Waals surface area contributed by atoms with E-state index in [9.17, 15) is 52.7 Å². The Kier molecular flexibility index (Phi) is 45.3. The van der Waals surface area contributed by atoms with Crippen molar-refractivity contribution in [1.82, 2.24) is 0 Å². The molecule has 0 radical (unpaired) electrons. The third-order valence-corrected chi connectivity index (χ3v) is 38.6. The maximum atomic E-state index is 13.5. The predicted molar refractivity (Wildman–Crippen MR) is 553 cm³/mol. The maximum Gasteiger partial charge on any atom is 0.159 e. The highest BCUT2D eigenvalue weighted by molar-refractivity contribution is 5.28. The first-order valence-electron chi connectivity index (χ1n) is 57.5. The summed E-state index contributed by atoms with van der Waals surface area (Å²) in [5.74, 6) is 10.1. The van der Waals surface area contributed by atoms with E-state index < -0.39 is 69.8 Å². The van der Waals surface area contributed by atoms with Gasteiger partial charge in [-0.2, -0.15) is 0 Å². The number of unbranched alkanes of at least 4 members (excludes halogenated alkanes) is 3. The molecule has 6 aromatic rings. The van der Waals surface area contributed by atoms with E-state index in [0.717, 1.165) is 217 Å². The summed E-state index contributed by atoms with van der Waals surface area (Å²) in [5.41, 5.74) is 5.94. The number of allylic oxidation sites excluding steroid dienone is 3. The molecule has 12 aliphatic rings. The van der Waals surface area contributed by atoms with Crippen LogP contribution >= 0.6 is 0 Å². The van der Waals surface area contributed by atoms with Crippen LogP contribution in [-0.4, -0.2) is 0 Å². The van der Waals surface area contributed by atoms with E-state index in [0.29, 0.717) is 35.5 Å². The molecule has 0 aliphatic heterocycles. The van der Waals surface area contributed by atoms with Crippen molar-refractivity contribution >= 4 is 0 Å². The summed E-state index contributed by atoms with van der Waals surface area (Å²) >= 11 is 0. The van der Waals surface area contributed by atoms with Crippen LogP contribution in [-0.2, 0) is 0 Å². The Balaban J connectivity index is 0.000000141. The first-order chi connectivity index (χ1) is 67.5. The number of hydrogen-bond acceptors (Lipinski definition) is 0. The molecule has 12 heteroatoms. The smallest absolute Gasteiger partial charge is 0.159 e. The highest BCUT2D eigenvalue weighted by Gasteiger charge is 2.39. The fourth-order valence-electron chi connectivity index (χ4n) is 29.6. The third-order valence-electron chi connectivity index (χ3n) is 38.6. The normalized spacial score (nSPS) is 31.8. The molecule has 18 rings (SSSR count). The van der Waals surface area contributed by atoms with Crippen LogP contribution in [0.15, 0.2) is 134 Å². The van der Waals surface area contributed by atoms with Crippen molar-refractivity contribution in [2.24, 2.45) is 107 Å². The molecule has 0 heterocycles. The minimum Gasteiger partial charge on any atom is -0.204 e. The minimum absolute atomic E-state index is 0.413. The molecule has 0 aromatic heterocycles. The topological polar surface area (TPSA) is 0 Å². The van der Waals surface area contributed by atoms with Crippen molar-refractivity contribution in [3.05, 3.63) is 237 Å². The molecule has 6 aromatic carbocycles. The number of hydrogen-bond donors (Lipinski definition) is 0. The van der Waals surface area contributed by atoms with Crippen LogP contribution in [0.25, 0.3) is 0 Å². The first-order valence-corrected chi connectivity index (χ1v) is 57.5. The first kappa shape index (κ1) is 110. The molecule has 0 unspecified atom stereocenters. The maximum absolute atomic E-state index is 13.5. The van der Waals surface area contributed by atoms with Gasteiger partial charge in [-0.1, -0.05) is 198 Å². The Morgan fingerprint density at radius 3 is 0.597 bits per heavy atom. The van der Waals surface area contributed by atoms with Gasteiger partial charge in [0.15, 0.2) is 69.8 Å².